The summed E-state index contributed by atoms with van der Waals surface area (Å²) in [5.74, 6) is 1.02. The van der Waals surface area contributed by atoms with Crippen molar-refractivity contribution in [3.05, 3.63) is 100 Å². The van der Waals surface area contributed by atoms with Crippen LogP contribution in [0.1, 0.15) is 23.1 Å². The van der Waals surface area contributed by atoms with Gasteiger partial charge in [-0.15, -0.1) is 9.15 Å². The van der Waals surface area contributed by atoms with Crippen LogP contribution in [0.25, 0.3) is 6.08 Å². The Morgan fingerprint density at radius 3 is 2.74 bits per heavy atom. The Hall–Kier alpha value is -3.00. The zero-order valence-electron chi connectivity index (χ0n) is 14.9. The van der Waals surface area contributed by atoms with E-state index in [0.717, 1.165) is 12.8 Å². The van der Waals surface area contributed by atoms with Crippen molar-refractivity contribution in [2.24, 2.45) is 11.8 Å². The van der Waals surface area contributed by atoms with Gasteiger partial charge >= 0.3 is 5.66 Å². The maximum Gasteiger partial charge on any atom is 0.397 e. The van der Waals surface area contributed by atoms with Gasteiger partial charge in [0.1, 0.15) is 11.5 Å². The highest BCUT2D eigenvalue weighted by molar-refractivity contribution is 5.98. The molecular weight excluding hydrogens is 328 g/mol. The van der Waals surface area contributed by atoms with Gasteiger partial charge in [-0.2, -0.15) is 0 Å². The summed E-state index contributed by atoms with van der Waals surface area (Å²) in [7, 11) is 0. The molecule has 0 saturated carbocycles. The van der Waals surface area contributed by atoms with Crippen LogP contribution in [0.15, 0.2) is 83.8 Å². The Labute approximate surface area is 157 Å². The van der Waals surface area contributed by atoms with Crippen LogP contribution in [0.3, 0.4) is 0 Å². The van der Waals surface area contributed by atoms with E-state index in [-0.39, 0.29) is 5.66 Å². The van der Waals surface area contributed by atoms with Gasteiger partial charge in [0.05, 0.1) is 6.42 Å². The molecule has 0 fully saturated rings. The minimum atomic E-state index is -0.143. The summed E-state index contributed by atoms with van der Waals surface area (Å²) >= 11 is 0. The predicted molar refractivity (Wildman–Crippen MR) is 106 cm³/mol. The quantitative estimate of drug-likeness (QED) is 0.630. The fourth-order valence-electron chi connectivity index (χ4n) is 6.83. The second-order valence-corrected chi connectivity index (χ2v) is 8.64. The second-order valence-electron chi connectivity index (χ2n) is 8.64. The summed E-state index contributed by atoms with van der Waals surface area (Å²) < 4.78 is 5.37. The zero-order valence-corrected chi connectivity index (χ0v) is 14.9. The van der Waals surface area contributed by atoms with Crippen molar-refractivity contribution in [1.29, 1.82) is 0 Å². The average molecular weight is 346 g/mol. The third kappa shape index (κ3) is 1.22. The number of hydrogen-bond donors (Lipinski definition) is 0. The maximum atomic E-state index is 2.69. The topological polar surface area (TPSA) is 6.02 Å². The van der Waals surface area contributed by atoms with Crippen LogP contribution < -0.4 is 0 Å². The highest BCUT2D eigenvalue weighted by Crippen LogP contribution is 2.59. The molecule has 0 bridgehead atoms. The molecule has 3 atom stereocenters. The molecule has 0 amide bonds. The Bertz CT molecular complexity index is 1270. The second kappa shape index (κ2) is 3.96. The summed E-state index contributed by atoms with van der Waals surface area (Å²) in [4.78, 5) is 0. The van der Waals surface area contributed by atoms with Crippen LogP contribution in [-0.2, 0) is 12.1 Å². The van der Waals surface area contributed by atoms with Gasteiger partial charge in [-0.1, -0.05) is 36.4 Å². The lowest BCUT2D eigenvalue weighted by Gasteiger charge is -2.47. The molecule has 2 unspecified atom stereocenters. The third-order valence-corrected chi connectivity index (χ3v) is 7.52. The van der Waals surface area contributed by atoms with E-state index in [2.05, 4.69) is 82.0 Å². The highest BCUT2D eigenvalue weighted by Gasteiger charge is 2.74. The first kappa shape index (κ1) is 13.2. The van der Waals surface area contributed by atoms with Gasteiger partial charge < -0.3 is 0 Å². The van der Waals surface area contributed by atoms with Crippen molar-refractivity contribution in [2.75, 3.05) is 0 Å². The van der Waals surface area contributed by atoms with Crippen LogP contribution in [0.4, 0.5) is 0 Å². The van der Waals surface area contributed by atoms with Crippen molar-refractivity contribution in [1.82, 2.24) is 0 Å². The molecule has 2 nitrogen and oxygen atoms in total. The molecule has 8 rings (SSSR count). The largest absolute Gasteiger partial charge is 0.397 e. The Balaban J connectivity index is 1.65. The lowest BCUT2D eigenvalue weighted by Crippen LogP contribution is -2.64. The van der Waals surface area contributed by atoms with Crippen LogP contribution in [0.2, 0.25) is 0 Å². The Kier molecular flexibility index (Phi) is 1.94. The SMILES string of the molecule is C1=CC2CC3=[N+]4C(=Cc5cccc6c5[C@]45C2C(=C1)C=C1C=CC(=[N+]15)C6)C=C3. The first-order chi connectivity index (χ1) is 13.4. The van der Waals surface area contributed by atoms with E-state index in [1.54, 1.807) is 5.56 Å². The van der Waals surface area contributed by atoms with Crippen LogP contribution >= 0.6 is 0 Å². The molecule has 2 heteroatoms. The number of benzene rings is 1. The molecule has 1 aromatic carbocycles. The number of nitrogens with zero attached hydrogens (tertiary/aromatic N) is 2. The molecule has 1 spiro atoms. The number of rotatable bonds is 0. The molecule has 0 N–H and O–H groups in total. The van der Waals surface area contributed by atoms with Crippen LogP contribution in [0.5, 0.6) is 0 Å². The maximum absolute atomic E-state index is 2.69. The number of hydrogen-bond acceptors (Lipinski definition) is 0. The summed E-state index contributed by atoms with van der Waals surface area (Å²) in [5.41, 5.74) is 11.5. The van der Waals surface area contributed by atoms with E-state index in [9.17, 15) is 0 Å². The van der Waals surface area contributed by atoms with Crippen molar-refractivity contribution in [2.45, 2.75) is 18.5 Å². The molecule has 27 heavy (non-hydrogen) atoms. The van der Waals surface area contributed by atoms with Crippen LogP contribution in [-0.4, -0.2) is 20.6 Å². The standard InChI is InChI=1S/C25H18N2/c1-3-15-11-19-7-9-21-13-17-5-2-6-18-14-22-10-8-20-12-16(4-1)23(15)25(24(17)18,26(19)21)27(20)22/h1-11,14,16,23H,12-13H2/q+2/t16?,23?,25-/m0/s1. The minimum absolute atomic E-state index is 0.143. The molecule has 0 aromatic heterocycles. The average Bonchev–Trinajstić information content (AvgIpc) is 3.28. The molecule has 1 aromatic rings. The third-order valence-electron chi connectivity index (χ3n) is 7.52. The van der Waals surface area contributed by atoms with Gasteiger partial charge in [0.15, 0.2) is 11.4 Å². The van der Waals surface area contributed by atoms with Crippen molar-refractivity contribution >= 4 is 17.5 Å². The highest BCUT2D eigenvalue weighted by atomic mass is 15.4. The van der Waals surface area contributed by atoms with E-state index in [1.807, 2.05) is 0 Å². The smallest absolute Gasteiger partial charge is 0.127 e. The minimum Gasteiger partial charge on any atom is -0.127 e. The lowest BCUT2D eigenvalue weighted by atomic mass is 9.62. The van der Waals surface area contributed by atoms with E-state index < -0.39 is 0 Å². The van der Waals surface area contributed by atoms with Crippen molar-refractivity contribution in [3.8, 4) is 0 Å². The summed E-state index contributed by atoms with van der Waals surface area (Å²) in [6, 6.07) is 6.92. The normalized spacial score (nSPS) is 34.4. The van der Waals surface area contributed by atoms with E-state index in [1.165, 1.54) is 39.5 Å². The molecule has 6 heterocycles. The molecule has 7 aliphatic rings. The van der Waals surface area contributed by atoms with E-state index >= 15 is 0 Å². The van der Waals surface area contributed by atoms with E-state index in [4.69, 9.17) is 0 Å². The van der Waals surface area contributed by atoms with Gasteiger partial charge in [0, 0.05) is 48.8 Å². The molecule has 126 valence electrons. The van der Waals surface area contributed by atoms with Gasteiger partial charge in [-0.25, -0.2) is 0 Å². The monoisotopic (exact) mass is 346 g/mol. The first-order valence-electron chi connectivity index (χ1n) is 9.98. The fraction of sp³-hybridized carbons (Fsp3) is 0.200. The van der Waals surface area contributed by atoms with Crippen molar-refractivity contribution < 1.29 is 9.15 Å². The summed E-state index contributed by atoms with van der Waals surface area (Å²) in [6.45, 7) is 0. The summed E-state index contributed by atoms with van der Waals surface area (Å²) in [5, 5.41) is 0. The molecule has 6 aliphatic heterocycles. The van der Waals surface area contributed by atoms with Gasteiger partial charge in [-0.3, -0.25) is 0 Å². The molecular formula is C25H18N2+2. The van der Waals surface area contributed by atoms with Gasteiger partial charge in [0.2, 0.25) is 11.4 Å². The van der Waals surface area contributed by atoms with E-state index in [0.29, 0.717) is 11.8 Å². The van der Waals surface area contributed by atoms with Crippen molar-refractivity contribution in [3.63, 3.8) is 0 Å². The Morgan fingerprint density at radius 1 is 0.926 bits per heavy atom. The zero-order chi connectivity index (χ0) is 17.3. The Morgan fingerprint density at radius 2 is 1.78 bits per heavy atom. The summed E-state index contributed by atoms with van der Waals surface area (Å²) in [6.07, 6.45) is 23.5. The fourth-order valence-corrected chi connectivity index (χ4v) is 6.83. The number of allylic oxidation sites excluding steroid dienone is 8. The predicted octanol–water partition coefficient (Wildman–Crippen LogP) is 3.83. The van der Waals surface area contributed by atoms with Gasteiger partial charge in [0.25, 0.3) is 0 Å². The molecule has 0 radical (unpaired) electrons. The van der Waals surface area contributed by atoms with Gasteiger partial charge in [-0.05, 0) is 16.7 Å². The molecule has 0 saturated heterocycles. The van der Waals surface area contributed by atoms with Crippen LogP contribution in [0, 0.1) is 11.8 Å². The molecule has 1 aliphatic carbocycles. The lowest BCUT2D eigenvalue weighted by molar-refractivity contribution is -0.816. The first-order valence-corrected chi connectivity index (χ1v) is 9.98.